The number of halogens is 1. The summed E-state index contributed by atoms with van der Waals surface area (Å²) < 4.78 is 41.7. The van der Waals surface area contributed by atoms with Crippen molar-refractivity contribution in [2.75, 3.05) is 19.9 Å². The summed E-state index contributed by atoms with van der Waals surface area (Å²) >= 11 is 0. The van der Waals surface area contributed by atoms with Gasteiger partial charge in [0.15, 0.2) is 9.84 Å². The topological polar surface area (TPSA) is 69.4 Å². The fourth-order valence-electron chi connectivity index (χ4n) is 1.75. The lowest BCUT2D eigenvalue weighted by Gasteiger charge is -2.10. The normalized spacial score (nSPS) is 11.6. The molecule has 0 saturated heterocycles. The molecule has 0 atom stereocenters. The third-order valence-corrected chi connectivity index (χ3v) is 3.72. The van der Waals surface area contributed by atoms with Crippen molar-refractivity contribution in [1.29, 1.82) is 0 Å². The predicted molar refractivity (Wildman–Crippen MR) is 68.1 cm³/mol. The maximum absolute atomic E-state index is 13.8. The molecule has 1 aromatic carbocycles. The Bertz CT molecular complexity index is 514. The van der Waals surface area contributed by atoms with Gasteiger partial charge in [0.2, 0.25) is 0 Å². The van der Waals surface area contributed by atoms with Crippen molar-refractivity contribution >= 4 is 9.84 Å². The van der Waals surface area contributed by atoms with Crippen LogP contribution in [-0.2, 0) is 16.3 Å². The van der Waals surface area contributed by atoms with Gasteiger partial charge in [-0.15, -0.1) is 0 Å². The van der Waals surface area contributed by atoms with Gasteiger partial charge in [0.25, 0.3) is 0 Å². The number of methoxy groups -OCH3 is 1. The van der Waals surface area contributed by atoms with Gasteiger partial charge in [-0.25, -0.2) is 12.8 Å². The molecule has 0 bridgehead atoms. The van der Waals surface area contributed by atoms with Gasteiger partial charge >= 0.3 is 0 Å². The highest BCUT2D eigenvalue weighted by molar-refractivity contribution is 7.90. The average Bonchev–Trinajstić information content (AvgIpc) is 2.26. The molecule has 0 radical (unpaired) electrons. The number of sulfone groups is 1. The van der Waals surface area contributed by atoms with Crippen molar-refractivity contribution in [3.05, 3.63) is 23.5 Å². The second-order valence-electron chi connectivity index (χ2n) is 4.13. The first-order chi connectivity index (χ1) is 8.40. The minimum Gasteiger partial charge on any atom is -0.495 e. The maximum Gasteiger partial charge on any atom is 0.182 e. The number of rotatable bonds is 6. The van der Waals surface area contributed by atoms with Crippen LogP contribution in [0.3, 0.4) is 0 Å². The molecule has 0 aliphatic carbocycles. The van der Waals surface area contributed by atoms with Gasteiger partial charge in [-0.05, 0) is 43.5 Å². The first-order valence-electron chi connectivity index (χ1n) is 5.66. The molecular formula is C12H18FNO3S. The van der Waals surface area contributed by atoms with Gasteiger partial charge in [-0.1, -0.05) is 0 Å². The summed E-state index contributed by atoms with van der Waals surface area (Å²) in [4.78, 5) is -0.382. The van der Waals surface area contributed by atoms with Crippen LogP contribution in [0.15, 0.2) is 17.0 Å². The molecule has 1 aromatic rings. The van der Waals surface area contributed by atoms with Crippen molar-refractivity contribution in [3.63, 3.8) is 0 Å². The molecule has 0 amide bonds. The highest BCUT2D eigenvalue weighted by Crippen LogP contribution is 2.28. The molecule has 102 valence electrons. The Balaban J connectivity index is 3.11. The van der Waals surface area contributed by atoms with E-state index in [0.717, 1.165) is 19.1 Å². The van der Waals surface area contributed by atoms with Crippen molar-refractivity contribution < 1.29 is 17.5 Å². The molecule has 0 fully saturated rings. The quantitative estimate of drug-likeness (QED) is 0.799. The molecule has 0 aliphatic heterocycles. The van der Waals surface area contributed by atoms with Crippen LogP contribution in [0, 0.1) is 5.82 Å². The zero-order valence-electron chi connectivity index (χ0n) is 10.6. The van der Waals surface area contributed by atoms with E-state index in [-0.39, 0.29) is 10.6 Å². The lowest BCUT2D eigenvalue weighted by atomic mass is 10.1. The molecular weight excluding hydrogens is 257 g/mol. The Kier molecular flexibility index (Phi) is 5.10. The van der Waals surface area contributed by atoms with Gasteiger partial charge in [0.05, 0.1) is 7.11 Å². The molecule has 18 heavy (non-hydrogen) atoms. The van der Waals surface area contributed by atoms with Crippen LogP contribution in [-0.4, -0.2) is 28.3 Å². The van der Waals surface area contributed by atoms with Crippen LogP contribution in [0.2, 0.25) is 0 Å². The van der Waals surface area contributed by atoms with Crippen LogP contribution in [0.4, 0.5) is 4.39 Å². The molecule has 0 unspecified atom stereocenters. The van der Waals surface area contributed by atoms with E-state index in [0.29, 0.717) is 18.5 Å². The number of unbranched alkanes of at least 4 members (excludes halogenated alkanes) is 1. The van der Waals surface area contributed by atoms with E-state index in [1.807, 2.05) is 0 Å². The Hall–Kier alpha value is -1.14. The molecule has 0 saturated carbocycles. The highest BCUT2D eigenvalue weighted by Gasteiger charge is 2.20. The van der Waals surface area contributed by atoms with Gasteiger partial charge < -0.3 is 10.5 Å². The Morgan fingerprint density at radius 2 is 2.00 bits per heavy atom. The molecule has 2 N–H and O–H groups in total. The molecule has 1 rings (SSSR count). The summed E-state index contributed by atoms with van der Waals surface area (Å²) in [5.74, 6) is -0.708. The largest absolute Gasteiger partial charge is 0.495 e. The summed E-state index contributed by atoms with van der Waals surface area (Å²) in [6.07, 6.45) is 3.28. The average molecular weight is 275 g/mol. The van der Waals surface area contributed by atoms with E-state index in [2.05, 4.69) is 0 Å². The van der Waals surface area contributed by atoms with Crippen molar-refractivity contribution in [3.8, 4) is 5.75 Å². The Morgan fingerprint density at radius 1 is 1.33 bits per heavy atom. The number of hydrogen-bond acceptors (Lipinski definition) is 4. The van der Waals surface area contributed by atoms with Crippen LogP contribution in [0.5, 0.6) is 5.75 Å². The highest BCUT2D eigenvalue weighted by atomic mass is 32.2. The number of benzene rings is 1. The predicted octanol–water partition coefficient (Wildman–Crippen LogP) is 1.52. The Labute approximate surface area is 107 Å². The van der Waals surface area contributed by atoms with Gasteiger partial charge in [-0.2, -0.15) is 0 Å². The fourth-order valence-corrected chi connectivity index (χ4v) is 2.67. The van der Waals surface area contributed by atoms with Gasteiger partial charge in [0, 0.05) is 6.26 Å². The summed E-state index contributed by atoms with van der Waals surface area (Å²) in [5.41, 5.74) is 6.09. The van der Waals surface area contributed by atoms with E-state index >= 15 is 0 Å². The second-order valence-corrected chi connectivity index (χ2v) is 6.08. The summed E-state index contributed by atoms with van der Waals surface area (Å²) in [6, 6.07) is 2.81. The zero-order valence-corrected chi connectivity index (χ0v) is 11.4. The molecule has 0 aromatic heterocycles. The van der Waals surface area contributed by atoms with Crippen LogP contribution < -0.4 is 10.5 Å². The molecule has 6 heteroatoms. The van der Waals surface area contributed by atoms with E-state index in [1.165, 1.54) is 13.2 Å². The number of aryl methyl sites for hydroxylation is 1. The molecule has 4 nitrogen and oxygen atoms in total. The lowest BCUT2D eigenvalue weighted by molar-refractivity contribution is 0.394. The molecule has 0 heterocycles. The van der Waals surface area contributed by atoms with Crippen molar-refractivity contribution in [2.24, 2.45) is 5.73 Å². The second kappa shape index (κ2) is 6.15. The minimum atomic E-state index is -3.64. The smallest absolute Gasteiger partial charge is 0.182 e. The number of hydrogen-bond donors (Lipinski definition) is 1. The zero-order chi connectivity index (χ0) is 13.8. The summed E-state index contributed by atoms with van der Waals surface area (Å²) in [7, 11) is -2.31. The summed E-state index contributed by atoms with van der Waals surface area (Å²) in [5, 5.41) is 0. The molecule has 0 aliphatic rings. The van der Waals surface area contributed by atoms with E-state index in [9.17, 15) is 12.8 Å². The third-order valence-electron chi connectivity index (χ3n) is 2.58. The Morgan fingerprint density at radius 3 is 2.50 bits per heavy atom. The summed E-state index contributed by atoms with van der Waals surface area (Å²) in [6.45, 7) is 0.584. The monoisotopic (exact) mass is 275 g/mol. The number of ether oxygens (including phenoxy) is 1. The third kappa shape index (κ3) is 3.68. The van der Waals surface area contributed by atoms with E-state index in [4.69, 9.17) is 10.5 Å². The first kappa shape index (κ1) is 14.9. The molecule has 0 spiro atoms. The van der Waals surface area contributed by atoms with Gasteiger partial charge in [0.1, 0.15) is 16.5 Å². The SMILES string of the molecule is COc1cc(CCCCN)cc(F)c1S(C)(=O)=O. The lowest BCUT2D eigenvalue weighted by Crippen LogP contribution is -2.05. The van der Waals surface area contributed by atoms with E-state index in [1.54, 1.807) is 6.07 Å². The van der Waals surface area contributed by atoms with Crippen LogP contribution in [0.25, 0.3) is 0 Å². The minimum absolute atomic E-state index is 0.0558. The van der Waals surface area contributed by atoms with Crippen LogP contribution in [0.1, 0.15) is 18.4 Å². The van der Waals surface area contributed by atoms with Crippen LogP contribution >= 0.6 is 0 Å². The maximum atomic E-state index is 13.8. The standard InChI is InChI=1S/C12H18FNO3S/c1-17-11-8-9(5-3-4-6-14)7-10(13)12(11)18(2,15)16/h7-8H,3-6,14H2,1-2H3. The van der Waals surface area contributed by atoms with Gasteiger partial charge in [-0.3, -0.25) is 0 Å². The van der Waals surface area contributed by atoms with Crippen molar-refractivity contribution in [2.45, 2.75) is 24.2 Å². The first-order valence-corrected chi connectivity index (χ1v) is 7.55. The number of nitrogens with two attached hydrogens (primary N) is 1. The van der Waals surface area contributed by atoms with E-state index < -0.39 is 15.7 Å². The fraction of sp³-hybridized carbons (Fsp3) is 0.500. The van der Waals surface area contributed by atoms with Crippen molar-refractivity contribution in [1.82, 2.24) is 0 Å².